The first-order valence-electron chi connectivity index (χ1n) is 12.8. The van der Waals surface area contributed by atoms with Crippen LogP contribution in [0.5, 0.6) is 0 Å². The van der Waals surface area contributed by atoms with Gasteiger partial charge in [0.05, 0.1) is 24.9 Å². The van der Waals surface area contributed by atoms with Gasteiger partial charge in [-0.15, -0.1) is 0 Å². The van der Waals surface area contributed by atoms with Crippen molar-refractivity contribution in [3.05, 3.63) is 84.0 Å². The van der Waals surface area contributed by atoms with E-state index in [4.69, 9.17) is 9.47 Å². The van der Waals surface area contributed by atoms with Gasteiger partial charge in [0.25, 0.3) is 0 Å². The Morgan fingerprint density at radius 3 is 1.86 bits per heavy atom. The summed E-state index contributed by atoms with van der Waals surface area (Å²) in [5.74, 6) is -0.362. The molecule has 192 valence electrons. The molecule has 1 aliphatic carbocycles. The molecule has 0 spiro atoms. The first-order chi connectivity index (χ1) is 17.2. The molecule has 0 saturated heterocycles. The lowest BCUT2D eigenvalue weighted by molar-refractivity contribution is -0.144. The second-order valence-electron chi connectivity index (χ2n) is 9.96. The van der Waals surface area contributed by atoms with Crippen molar-refractivity contribution >= 4 is 11.9 Å². The summed E-state index contributed by atoms with van der Waals surface area (Å²) in [5, 5.41) is 9.53. The quantitative estimate of drug-likeness (QED) is 0.266. The number of aryl methyl sites for hydroxylation is 2. The molecule has 0 bridgehead atoms. The maximum absolute atomic E-state index is 12.1. The van der Waals surface area contributed by atoms with Crippen molar-refractivity contribution in [2.75, 3.05) is 13.2 Å². The minimum absolute atomic E-state index is 0.000726. The molecule has 0 heterocycles. The van der Waals surface area contributed by atoms with E-state index in [2.05, 4.69) is 61.7 Å². The number of ether oxygens (including phenoxy) is 2. The van der Waals surface area contributed by atoms with Crippen LogP contribution in [-0.4, -0.2) is 36.4 Å². The Morgan fingerprint density at radius 2 is 1.39 bits per heavy atom. The number of hydrogen-bond donors (Lipinski definition) is 1. The van der Waals surface area contributed by atoms with Gasteiger partial charge < -0.3 is 14.6 Å². The highest BCUT2D eigenvalue weighted by molar-refractivity contribution is 5.88. The van der Waals surface area contributed by atoms with E-state index in [9.17, 15) is 14.7 Å². The van der Waals surface area contributed by atoms with Gasteiger partial charge in [0, 0.05) is 11.5 Å². The molecule has 1 saturated carbocycles. The average molecular weight is 491 g/mol. The smallest absolute Gasteiger partial charge is 0.336 e. The molecule has 3 rings (SSSR count). The predicted octanol–water partition coefficient (Wildman–Crippen LogP) is 5.84. The Kier molecular flexibility index (Phi) is 10.1. The number of carbonyl (C=O) groups is 2. The van der Waals surface area contributed by atoms with E-state index in [1.54, 1.807) is 6.92 Å². The normalized spacial score (nSPS) is 14.5. The van der Waals surface area contributed by atoms with Crippen molar-refractivity contribution in [1.29, 1.82) is 0 Å². The van der Waals surface area contributed by atoms with Gasteiger partial charge >= 0.3 is 11.9 Å². The fourth-order valence-electron chi connectivity index (χ4n) is 3.86. The molecule has 5 nitrogen and oxygen atoms in total. The molecule has 5 heteroatoms. The van der Waals surface area contributed by atoms with E-state index >= 15 is 0 Å². The molecule has 0 amide bonds. The summed E-state index contributed by atoms with van der Waals surface area (Å²) in [6.07, 6.45) is 5.68. The van der Waals surface area contributed by atoms with Crippen LogP contribution < -0.4 is 0 Å². The maximum Gasteiger partial charge on any atom is 0.336 e. The molecule has 2 aromatic carbocycles. The maximum atomic E-state index is 12.1. The van der Waals surface area contributed by atoms with Crippen molar-refractivity contribution < 1.29 is 24.2 Å². The van der Waals surface area contributed by atoms with Crippen LogP contribution in [0.4, 0.5) is 0 Å². The lowest BCUT2D eigenvalue weighted by atomic mass is 9.97. The van der Waals surface area contributed by atoms with Gasteiger partial charge in [-0.1, -0.05) is 74.5 Å². The van der Waals surface area contributed by atoms with Crippen LogP contribution in [0.25, 0.3) is 11.1 Å². The molecular weight excluding hydrogens is 452 g/mol. The van der Waals surface area contributed by atoms with Crippen LogP contribution in [0.15, 0.2) is 72.8 Å². The summed E-state index contributed by atoms with van der Waals surface area (Å²) in [6.45, 7) is 10.4. The Bertz CT molecular complexity index is 1050. The second kappa shape index (κ2) is 13.2. The van der Waals surface area contributed by atoms with Crippen LogP contribution >= 0.6 is 0 Å². The van der Waals surface area contributed by atoms with E-state index in [0.29, 0.717) is 12.0 Å². The van der Waals surface area contributed by atoms with Gasteiger partial charge in [-0.05, 0) is 67.7 Å². The zero-order valence-electron chi connectivity index (χ0n) is 21.5. The lowest BCUT2D eigenvalue weighted by Gasteiger charge is -2.18. The topological polar surface area (TPSA) is 72.8 Å². The molecule has 0 aliphatic heterocycles. The van der Waals surface area contributed by atoms with Gasteiger partial charge in [-0.3, -0.25) is 0 Å². The average Bonchev–Trinajstić information content (AvgIpc) is 3.71. The molecule has 1 N–H and O–H groups in total. The van der Waals surface area contributed by atoms with Crippen molar-refractivity contribution in [3.8, 4) is 11.1 Å². The van der Waals surface area contributed by atoms with Crippen molar-refractivity contribution in [1.82, 2.24) is 0 Å². The monoisotopic (exact) mass is 490 g/mol. The fourth-order valence-corrected chi connectivity index (χ4v) is 3.86. The molecule has 36 heavy (non-hydrogen) atoms. The van der Waals surface area contributed by atoms with E-state index in [1.807, 2.05) is 0 Å². The van der Waals surface area contributed by atoms with Crippen molar-refractivity contribution in [2.24, 2.45) is 11.8 Å². The van der Waals surface area contributed by atoms with E-state index in [1.165, 1.54) is 42.9 Å². The minimum atomic E-state index is -0.977. The predicted molar refractivity (Wildman–Crippen MR) is 142 cm³/mol. The zero-order chi connectivity index (χ0) is 26.1. The van der Waals surface area contributed by atoms with Gasteiger partial charge in [-0.25, -0.2) is 9.59 Å². The summed E-state index contributed by atoms with van der Waals surface area (Å²) in [5.41, 5.74) is 5.24. The van der Waals surface area contributed by atoms with E-state index < -0.39 is 18.0 Å². The standard InChI is InChI=1S/C31H38O5/c1-21(2)30(33)35-19-27(20-36-31(34)22(3)23(4)32)10-9-26-13-17-29(18-14-26)28-15-11-25(12-16-28)8-7-24-5-6-24/h11-18,23-24,27,32H,1,3,5-10,19-20H2,2,4H3. The molecular formula is C31H38O5. The number of aliphatic hydroxyl groups is 1. The number of esters is 2. The number of aliphatic hydroxyl groups excluding tert-OH is 1. The molecule has 0 aromatic heterocycles. The summed E-state index contributed by atoms with van der Waals surface area (Å²) >= 11 is 0. The molecule has 0 radical (unpaired) electrons. The Hall–Kier alpha value is -3.18. The number of benzene rings is 2. The van der Waals surface area contributed by atoms with Crippen molar-refractivity contribution in [2.45, 2.75) is 58.5 Å². The fraction of sp³-hybridized carbons (Fsp3) is 0.419. The zero-order valence-corrected chi connectivity index (χ0v) is 21.5. The first kappa shape index (κ1) is 27.4. The number of rotatable bonds is 14. The third-order valence-electron chi connectivity index (χ3n) is 6.64. The highest BCUT2D eigenvalue weighted by Crippen LogP contribution is 2.33. The summed E-state index contributed by atoms with van der Waals surface area (Å²) in [7, 11) is 0. The third-order valence-corrected chi connectivity index (χ3v) is 6.64. The Labute approximate surface area is 214 Å². The summed E-state index contributed by atoms with van der Waals surface area (Å²) in [6, 6.07) is 17.3. The van der Waals surface area contributed by atoms with Crippen LogP contribution in [-0.2, 0) is 31.9 Å². The number of hydrogen-bond acceptors (Lipinski definition) is 5. The lowest BCUT2D eigenvalue weighted by Crippen LogP contribution is -2.24. The van der Waals surface area contributed by atoms with E-state index in [0.717, 1.165) is 24.3 Å². The van der Waals surface area contributed by atoms with Gasteiger partial charge in [-0.2, -0.15) is 0 Å². The molecule has 2 aromatic rings. The highest BCUT2D eigenvalue weighted by atomic mass is 16.5. The van der Waals surface area contributed by atoms with Crippen LogP contribution in [0, 0.1) is 11.8 Å². The SMILES string of the molecule is C=C(C)C(=O)OCC(CCc1ccc(-c2ccc(CCC3CC3)cc2)cc1)COC(=O)C(=C)C(C)O. The molecule has 2 atom stereocenters. The Morgan fingerprint density at radius 1 is 0.889 bits per heavy atom. The summed E-state index contributed by atoms with van der Waals surface area (Å²) in [4.78, 5) is 23.9. The number of carbonyl (C=O) groups excluding carboxylic acids is 2. The molecule has 2 unspecified atom stereocenters. The highest BCUT2D eigenvalue weighted by Gasteiger charge is 2.20. The van der Waals surface area contributed by atoms with Gasteiger partial charge in [0.15, 0.2) is 0 Å². The van der Waals surface area contributed by atoms with Crippen molar-refractivity contribution in [3.63, 3.8) is 0 Å². The van der Waals surface area contributed by atoms with E-state index in [-0.39, 0.29) is 24.7 Å². The molecule has 1 fully saturated rings. The Balaban J connectivity index is 1.54. The van der Waals surface area contributed by atoms with Crippen LogP contribution in [0.2, 0.25) is 0 Å². The van der Waals surface area contributed by atoms with Crippen LogP contribution in [0.1, 0.15) is 50.7 Å². The minimum Gasteiger partial charge on any atom is -0.462 e. The molecule has 1 aliphatic rings. The largest absolute Gasteiger partial charge is 0.462 e. The van der Waals surface area contributed by atoms with Gasteiger partial charge in [0.1, 0.15) is 0 Å². The van der Waals surface area contributed by atoms with Gasteiger partial charge in [0.2, 0.25) is 0 Å². The summed E-state index contributed by atoms with van der Waals surface area (Å²) < 4.78 is 10.6. The second-order valence-corrected chi connectivity index (χ2v) is 9.96. The third kappa shape index (κ3) is 8.80. The van der Waals surface area contributed by atoms with Crippen LogP contribution in [0.3, 0.4) is 0 Å². The first-order valence-corrected chi connectivity index (χ1v) is 12.8.